The van der Waals surface area contributed by atoms with Crippen LogP contribution in [0.4, 0.5) is 10.2 Å². The highest BCUT2D eigenvalue weighted by Crippen LogP contribution is 2.40. The minimum atomic E-state index is -1.14. The number of hydrogen-bond acceptors (Lipinski definition) is 6. The summed E-state index contributed by atoms with van der Waals surface area (Å²) in [4.78, 5) is 20.0. The summed E-state index contributed by atoms with van der Waals surface area (Å²) in [6, 6.07) is 13.2. The highest BCUT2D eigenvalue weighted by atomic mass is 19.1. The van der Waals surface area contributed by atoms with Crippen molar-refractivity contribution in [3.05, 3.63) is 71.2 Å². The second-order valence-corrected chi connectivity index (χ2v) is 13.7. The summed E-state index contributed by atoms with van der Waals surface area (Å²) in [7, 11) is 0. The Kier molecular flexibility index (Phi) is 9.31. The lowest BCUT2D eigenvalue weighted by Crippen LogP contribution is -2.45. The fourth-order valence-electron chi connectivity index (χ4n) is 6.84. The maximum atomic E-state index is 15.0. The molecule has 5 heterocycles. The van der Waals surface area contributed by atoms with Gasteiger partial charge >= 0.3 is 5.97 Å². The molecule has 2 aromatic carbocycles. The molecule has 3 aliphatic heterocycles. The minimum Gasteiger partial charge on any atom is -0.490 e. The first-order chi connectivity index (χ1) is 22.4. The molecule has 2 unspecified atom stereocenters. The maximum absolute atomic E-state index is 15.0. The van der Waals surface area contributed by atoms with Gasteiger partial charge in [-0.3, -0.25) is 4.40 Å². The Bertz CT molecular complexity index is 1770. The van der Waals surface area contributed by atoms with Gasteiger partial charge in [-0.2, -0.15) is 0 Å². The molecular formula is C38H46FN3O5. The third-order valence-corrected chi connectivity index (χ3v) is 9.50. The lowest BCUT2D eigenvalue weighted by atomic mass is 9.92. The minimum absolute atomic E-state index is 0.0465. The van der Waals surface area contributed by atoms with Crippen molar-refractivity contribution in [2.45, 2.75) is 97.6 Å². The molecule has 2 aromatic heterocycles. The molecule has 3 aliphatic rings. The van der Waals surface area contributed by atoms with Crippen molar-refractivity contribution in [1.29, 1.82) is 0 Å². The number of hydrogen-bond donors (Lipinski definition) is 1. The Labute approximate surface area is 276 Å². The number of imidazole rings is 1. The number of anilines is 1. The van der Waals surface area contributed by atoms with E-state index in [-0.39, 0.29) is 23.6 Å². The number of benzene rings is 2. The van der Waals surface area contributed by atoms with Crippen LogP contribution in [0.15, 0.2) is 48.7 Å². The van der Waals surface area contributed by atoms with Gasteiger partial charge in [0.15, 0.2) is 6.10 Å². The SMILES string of the molecule is Cc1cc2c(cc1F)-c1cccc(c1)-c1cn3c(c(C(OC(C)C)C(=O)O)c(C)cc3n1)N1CCC(C)(CC1)OCCCCC(C)O2. The first kappa shape index (κ1) is 33.0. The van der Waals surface area contributed by atoms with Gasteiger partial charge in [-0.05, 0) is 115 Å². The first-order valence-electron chi connectivity index (χ1n) is 16.8. The number of ether oxygens (including phenoxy) is 3. The number of aryl methyl sites for hydroxylation is 2. The predicted octanol–water partition coefficient (Wildman–Crippen LogP) is 8.30. The Morgan fingerprint density at radius 1 is 1.09 bits per heavy atom. The lowest BCUT2D eigenvalue weighted by molar-refractivity contribution is -0.153. The Hall–Kier alpha value is -3.95. The summed E-state index contributed by atoms with van der Waals surface area (Å²) in [5, 5.41) is 10.4. The number of piperidine rings is 1. The topological polar surface area (TPSA) is 85.5 Å². The lowest BCUT2D eigenvalue weighted by Gasteiger charge is -2.41. The summed E-state index contributed by atoms with van der Waals surface area (Å²) in [6.07, 6.45) is 4.83. The van der Waals surface area contributed by atoms with Gasteiger partial charge in [-0.25, -0.2) is 14.2 Å². The number of carboxylic acid groups (broad SMARTS) is 1. The summed E-state index contributed by atoms with van der Waals surface area (Å²) >= 11 is 0. The van der Waals surface area contributed by atoms with Crippen LogP contribution in [-0.4, -0.2) is 58.0 Å². The van der Waals surface area contributed by atoms with Crippen LogP contribution in [0.5, 0.6) is 5.75 Å². The second kappa shape index (κ2) is 13.3. The molecule has 6 bridgehead atoms. The summed E-state index contributed by atoms with van der Waals surface area (Å²) in [5.41, 5.74) is 5.52. The summed E-state index contributed by atoms with van der Waals surface area (Å²) in [5.74, 6) is 0.121. The third kappa shape index (κ3) is 6.87. The van der Waals surface area contributed by atoms with Crippen LogP contribution in [0.1, 0.15) is 82.6 Å². The average molecular weight is 644 g/mol. The van der Waals surface area contributed by atoms with E-state index >= 15 is 0 Å². The van der Waals surface area contributed by atoms with E-state index in [0.29, 0.717) is 47.8 Å². The molecule has 7 rings (SSSR count). The number of aliphatic carboxylic acids is 1. The molecular weight excluding hydrogens is 597 g/mol. The number of carboxylic acids is 1. The number of fused-ring (bicyclic) bond motifs is 8. The molecule has 250 valence electrons. The molecule has 1 fully saturated rings. The Balaban J connectivity index is 1.54. The Morgan fingerprint density at radius 3 is 2.55 bits per heavy atom. The van der Waals surface area contributed by atoms with Gasteiger partial charge in [0, 0.05) is 42.6 Å². The fraction of sp³-hybridized carbons (Fsp3) is 0.474. The van der Waals surface area contributed by atoms with E-state index < -0.39 is 12.1 Å². The van der Waals surface area contributed by atoms with E-state index in [9.17, 15) is 14.3 Å². The normalized spacial score (nSPS) is 21.1. The van der Waals surface area contributed by atoms with Gasteiger partial charge in [0.1, 0.15) is 23.0 Å². The van der Waals surface area contributed by atoms with Gasteiger partial charge in [0.05, 0.1) is 23.5 Å². The zero-order valence-corrected chi connectivity index (χ0v) is 28.3. The molecule has 9 heteroatoms. The van der Waals surface area contributed by atoms with E-state index in [1.54, 1.807) is 19.1 Å². The van der Waals surface area contributed by atoms with Crippen LogP contribution < -0.4 is 9.64 Å². The van der Waals surface area contributed by atoms with Crippen molar-refractivity contribution in [3.8, 4) is 28.1 Å². The highest BCUT2D eigenvalue weighted by Gasteiger charge is 2.36. The van der Waals surface area contributed by atoms with Gasteiger partial charge < -0.3 is 24.2 Å². The standard InChI is InChI=1S/C38H46FN3O5/c1-23(2)46-35(37(43)44)34-25(4)19-33-40-31-22-42(33)36(34)41-15-13-38(6,14-16-41)45-17-8-7-10-26(5)47-32-18-24(3)30(39)21-29(32)27-11-9-12-28(31)20-27/h9,11-12,18-23,26,35H,7-8,10,13-17H2,1-6H3,(H,43,44). The van der Waals surface area contributed by atoms with Crippen LogP contribution in [0.25, 0.3) is 28.0 Å². The summed E-state index contributed by atoms with van der Waals surface area (Å²) < 4.78 is 36.0. The van der Waals surface area contributed by atoms with E-state index in [1.165, 1.54) is 0 Å². The second-order valence-electron chi connectivity index (χ2n) is 13.7. The van der Waals surface area contributed by atoms with Crippen molar-refractivity contribution >= 4 is 17.4 Å². The van der Waals surface area contributed by atoms with Crippen LogP contribution in [0.3, 0.4) is 0 Å². The first-order valence-corrected chi connectivity index (χ1v) is 16.8. The maximum Gasteiger partial charge on any atom is 0.337 e. The Morgan fingerprint density at radius 2 is 1.83 bits per heavy atom. The number of aromatic nitrogens is 2. The molecule has 0 radical (unpaired) electrons. The van der Waals surface area contributed by atoms with Crippen molar-refractivity contribution in [2.75, 3.05) is 24.6 Å². The molecule has 4 aromatic rings. The molecule has 0 amide bonds. The molecule has 2 atom stereocenters. The smallest absolute Gasteiger partial charge is 0.337 e. The zero-order valence-electron chi connectivity index (χ0n) is 28.3. The average Bonchev–Trinajstić information content (AvgIpc) is 3.44. The fourth-order valence-corrected chi connectivity index (χ4v) is 6.84. The quantitative estimate of drug-likeness (QED) is 0.239. The molecule has 0 aliphatic carbocycles. The van der Waals surface area contributed by atoms with Gasteiger partial charge in [0.25, 0.3) is 0 Å². The zero-order chi connectivity index (χ0) is 33.5. The van der Waals surface area contributed by atoms with Gasteiger partial charge in [-0.15, -0.1) is 0 Å². The van der Waals surface area contributed by atoms with Crippen molar-refractivity contribution < 1.29 is 28.5 Å². The van der Waals surface area contributed by atoms with Gasteiger partial charge in [0.2, 0.25) is 0 Å². The van der Waals surface area contributed by atoms with Crippen molar-refractivity contribution in [3.63, 3.8) is 0 Å². The number of nitrogens with zero attached hydrogens (tertiary/aromatic N) is 3. The number of rotatable bonds is 4. The monoisotopic (exact) mass is 643 g/mol. The van der Waals surface area contributed by atoms with E-state index in [0.717, 1.165) is 60.3 Å². The highest BCUT2D eigenvalue weighted by molar-refractivity contribution is 5.80. The van der Waals surface area contributed by atoms with E-state index in [1.807, 2.05) is 61.7 Å². The number of halogens is 1. The molecule has 1 saturated heterocycles. The molecule has 1 N–H and O–H groups in total. The van der Waals surface area contributed by atoms with Crippen molar-refractivity contribution in [2.24, 2.45) is 0 Å². The van der Waals surface area contributed by atoms with Crippen molar-refractivity contribution in [1.82, 2.24) is 9.38 Å². The third-order valence-electron chi connectivity index (χ3n) is 9.50. The van der Waals surface area contributed by atoms with Crippen LogP contribution in [-0.2, 0) is 14.3 Å². The van der Waals surface area contributed by atoms with Gasteiger partial charge in [-0.1, -0.05) is 18.2 Å². The molecule has 0 saturated carbocycles. The van der Waals surface area contributed by atoms with Crippen LogP contribution in [0.2, 0.25) is 0 Å². The summed E-state index contributed by atoms with van der Waals surface area (Å²) in [6.45, 7) is 13.7. The number of carbonyl (C=O) groups is 1. The molecule has 0 spiro atoms. The molecule has 47 heavy (non-hydrogen) atoms. The number of pyridine rings is 1. The van der Waals surface area contributed by atoms with Crippen LogP contribution in [0, 0.1) is 19.7 Å². The molecule has 8 nitrogen and oxygen atoms in total. The largest absolute Gasteiger partial charge is 0.490 e. The van der Waals surface area contributed by atoms with E-state index in [2.05, 4.69) is 18.7 Å². The van der Waals surface area contributed by atoms with E-state index in [4.69, 9.17) is 19.2 Å². The predicted molar refractivity (Wildman–Crippen MR) is 182 cm³/mol. The van der Waals surface area contributed by atoms with Crippen LogP contribution >= 0.6 is 0 Å².